The molecule has 0 saturated carbocycles. The van der Waals surface area contributed by atoms with Gasteiger partial charge in [-0.3, -0.25) is 4.79 Å². The minimum Gasteiger partial charge on any atom is -0.460 e. The Morgan fingerprint density at radius 1 is 1.18 bits per heavy atom. The lowest BCUT2D eigenvalue weighted by Gasteiger charge is -2.34. The number of benzene rings is 1. The molecule has 1 aromatic rings. The summed E-state index contributed by atoms with van der Waals surface area (Å²) in [6.07, 6.45) is 6.53. The van der Waals surface area contributed by atoms with Gasteiger partial charge in [0.25, 0.3) is 0 Å². The maximum atomic E-state index is 12.5. The van der Waals surface area contributed by atoms with Crippen LogP contribution in [0.4, 0.5) is 0 Å². The zero-order valence-corrected chi connectivity index (χ0v) is 17.1. The summed E-state index contributed by atoms with van der Waals surface area (Å²) >= 11 is 0. The predicted molar refractivity (Wildman–Crippen MR) is 108 cm³/mol. The number of nitrogens with one attached hydrogen (secondary N) is 1. The minimum atomic E-state index is -1.60. The second kappa shape index (κ2) is 11.0. The van der Waals surface area contributed by atoms with Crippen molar-refractivity contribution in [2.45, 2.75) is 45.8 Å². The van der Waals surface area contributed by atoms with E-state index >= 15 is 0 Å². The highest BCUT2D eigenvalue weighted by atomic mass is 16.9. The molecule has 0 aromatic heterocycles. The maximum Gasteiger partial charge on any atom is 0.397 e. The van der Waals surface area contributed by atoms with Crippen LogP contribution in [0.5, 0.6) is 5.75 Å². The first-order chi connectivity index (χ1) is 13.4. The summed E-state index contributed by atoms with van der Waals surface area (Å²) in [5.41, 5.74) is 1.00. The van der Waals surface area contributed by atoms with E-state index in [1.165, 1.54) is 7.11 Å². The molecule has 0 heterocycles. The van der Waals surface area contributed by atoms with E-state index in [9.17, 15) is 4.79 Å². The summed E-state index contributed by atoms with van der Waals surface area (Å²) in [4.78, 5) is 12.5. The van der Waals surface area contributed by atoms with Crippen molar-refractivity contribution in [2.75, 3.05) is 20.3 Å². The minimum absolute atomic E-state index is 0.244. The first-order valence-electron chi connectivity index (χ1n) is 9.67. The number of hydrogen-bond donors (Lipinski definition) is 1. The largest absolute Gasteiger partial charge is 0.460 e. The van der Waals surface area contributed by atoms with Crippen molar-refractivity contribution in [3.8, 4) is 5.75 Å². The SMILES string of the molecule is CO[C@@](N[C@@H](C)C(=O)OCC1=CCCC=C1)(OCC(C)C)Oc1ccccc1. The number of ether oxygens (including phenoxy) is 4. The number of rotatable bonds is 11. The summed E-state index contributed by atoms with van der Waals surface area (Å²) in [5, 5.41) is 2.99. The molecule has 0 spiro atoms. The molecule has 0 saturated heterocycles. The molecule has 0 unspecified atom stereocenters. The quantitative estimate of drug-likeness (QED) is 0.459. The number of allylic oxidation sites excluding steroid dienone is 2. The third-order valence-corrected chi connectivity index (χ3v) is 4.07. The zero-order valence-electron chi connectivity index (χ0n) is 17.1. The van der Waals surface area contributed by atoms with Gasteiger partial charge in [0, 0.05) is 7.11 Å². The number of para-hydroxylation sites is 1. The number of hydrogen-bond acceptors (Lipinski definition) is 6. The average molecular weight is 389 g/mol. The molecule has 6 nitrogen and oxygen atoms in total. The third kappa shape index (κ3) is 7.11. The Kier molecular flexibility index (Phi) is 8.70. The summed E-state index contributed by atoms with van der Waals surface area (Å²) in [7, 11) is 1.46. The highest BCUT2D eigenvalue weighted by molar-refractivity contribution is 5.75. The maximum absolute atomic E-state index is 12.5. The Morgan fingerprint density at radius 3 is 2.54 bits per heavy atom. The number of carbonyl (C=O) groups excluding carboxylic acids is 1. The summed E-state index contributed by atoms with van der Waals surface area (Å²) in [6, 6.07) is 8.46. The van der Waals surface area contributed by atoms with Gasteiger partial charge in [-0.05, 0) is 43.4 Å². The molecule has 1 N–H and O–H groups in total. The third-order valence-electron chi connectivity index (χ3n) is 4.07. The Morgan fingerprint density at radius 2 is 1.93 bits per heavy atom. The van der Waals surface area contributed by atoms with Gasteiger partial charge >= 0.3 is 12.1 Å². The highest BCUT2D eigenvalue weighted by Gasteiger charge is 2.38. The van der Waals surface area contributed by atoms with Crippen molar-refractivity contribution >= 4 is 5.97 Å². The Labute approximate surface area is 167 Å². The number of carbonyl (C=O) groups is 1. The average Bonchev–Trinajstić information content (AvgIpc) is 2.71. The molecule has 2 atom stereocenters. The molecule has 0 fully saturated rings. The van der Waals surface area contributed by atoms with Crippen molar-refractivity contribution in [2.24, 2.45) is 5.92 Å². The van der Waals surface area contributed by atoms with Crippen molar-refractivity contribution in [3.63, 3.8) is 0 Å². The molecule has 28 heavy (non-hydrogen) atoms. The van der Waals surface area contributed by atoms with Crippen molar-refractivity contribution in [1.82, 2.24) is 5.32 Å². The Hall–Kier alpha value is -2.15. The van der Waals surface area contributed by atoms with Gasteiger partial charge in [-0.25, -0.2) is 5.32 Å². The second-order valence-electron chi connectivity index (χ2n) is 7.11. The van der Waals surface area contributed by atoms with E-state index in [0.717, 1.165) is 18.4 Å². The van der Waals surface area contributed by atoms with Crippen LogP contribution in [0.15, 0.2) is 54.1 Å². The van der Waals surface area contributed by atoms with Gasteiger partial charge in [-0.2, -0.15) is 0 Å². The molecular weight excluding hydrogens is 358 g/mol. The fourth-order valence-corrected chi connectivity index (χ4v) is 2.56. The van der Waals surface area contributed by atoms with Crippen LogP contribution in [-0.4, -0.2) is 38.4 Å². The van der Waals surface area contributed by atoms with Crippen molar-refractivity contribution in [1.29, 1.82) is 0 Å². The highest BCUT2D eigenvalue weighted by Crippen LogP contribution is 2.20. The van der Waals surface area contributed by atoms with Crippen LogP contribution in [0, 0.1) is 5.92 Å². The van der Waals surface area contributed by atoms with Crippen LogP contribution in [0.25, 0.3) is 0 Å². The van der Waals surface area contributed by atoms with Crippen LogP contribution >= 0.6 is 0 Å². The van der Waals surface area contributed by atoms with E-state index in [-0.39, 0.29) is 12.5 Å². The molecule has 0 radical (unpaired) electrons. The molecule has 154 valence electrons. The van der Waals surface area contributed by atoms with E-state index < -0.39 is 18.1 Å². The van der Waals surface area contributed by atoms with Crippen molar-refractivity contribution in [3.05, 3.63) is 54.1 Å². The summed E-state index contributed by atoms with van der Waals surface area (Å²) in [5.74, 6) is 0.396. The smallest absolute Gasteiger partial charge is 0.397 e. The van der Waals surface area contributed by atoms with Crippen LogP contribution in [-0.2, 0) is 19.0 Å². The van der Waals surface area contributed by atoms with Gasteiger partial charge in [0.05, 0.1) is 6.61 Å². The van der Waals surface area contributed by atoms with E-state index in [0.29, 0.717) is 12.4 Å². The normalized spacial score (nSPS) is 17.0. The molecule has 1 aromatic carbocycles. The lowest BCUT2D eigenvalue weighted by molar-refractivity contribution is -0.356. The monoisotopic (exact) mass is 389 g/mol. The Bertz CT molecular complexity index is 671. The number of methoxy groups -OCH3 is 1. The van der Waals surface area contributed by atoms with Crippen LogP contribution < -0.4 is 10.1 Å². The van der Waals surface area contributed by atoms with Gasteiger partial charge in [-0.1, -0.05) is 50.3 Å². The Balaban J connectivity index is 2.03. The second-order valence-corrected chi connectivity index (χ2v) is 7.11. The van der Waals surface area contributed by atoms with Gasteiger partial charge in [0.15, 0.2) is 0 Å². The van der Waals surface area contributed by atoms with Crippen LogP contribution in [0.1, 0.15) is 33.6 Å². The van der Waals surface area contributed by atoms with Gasteiger partial charge < -0.3 is 18.9 Å². The van der Waals surface area contributed by atoms with Crippen molar-refractivity contribution < 1.29 is 23.7 Å². The van der Waals surface area contributed by atoms with Gasteiger partial charge in [0.2, 0.25) is 0 Å². The summed E-state index contributed by atoms with van der Waals surface area (Å²) in [6.45, 7) is 6.35. The number of esters is 1. The molecular formula is C22H31NO5. The molecule has 0 bridgehead atoms. The van der Waals surface area contributed by atoms with Crippen LogP contribution in [0.2, 0.25) is 0 Å². The molecule has 2 rings (SSSR count). The topological polar surface area (TPSA) is 66.0 Å². The first-order valence-corrected chi connectivity index (χ1v) is 9.67. The van der Waals surface area contributed by atoms with Gasteiger partial charge in [0.1, 0.15) is 18.4 Å². The standard InChI is InChI=1S/C22H31NO5/c1-17(2)15-27-22(25-4,28-20-13-9-6-10-14-20)23-18(3)21(24)26-16-19-11-7-5-8-12-19/h6-7,9-14,17-18,23H,5,8,15-16H2,1-4H3/t18-,22-/m0/s1. The first kappa shape index (κ1) is 22.1. The van der Waals surface area contributed by atoms with E-state index in [2.05, 4.69) is 17.5 Å². The summed E-state index contributed by atoms with van der Waals surface area (Å²) < 4.78 is 22.7. The molecule has 6 heteroatoms. The van der Waals surface area contributed by atoms with E-state index in [4.69, 9.17) is 18.9 Å². The lowest BCUT2D eigenvalue weighted by Crippen LogP contribution is -2.59. The zero-order chi connectivity index (χ0) is 20.4. The molecule has 0 aliphatic heterocycles. The fourth-order valence-electron chi connectivity index (χ4n) is 2.56. The lowest BCUT2D eigenvalue weighted by atomic mass is 10.1. The van der Waals surface area contributed by atoms with E-state index in [1.54, 1.807) is 19.1 Å². The van der Waals surface area contributed by atoms with E-state index in [1.807, 2.05) is 38.1 Å². The van der Waals surface area contributed by atoms with Crippen LogP contribution in [0.3, 0.4) is 0 Å². The van der Waals surface area contributed by atoms with Gasteiger partial charge in [-0.15, -0.1) is 0 Å². The molecule has 1 aliphatic rings. The fraction of sp³-hybridized carbons (Fsp3) is 0.500. The molecule has 0 amide bonds. The molecule has 1 aliphatic carbocycles. The predicted octanol–water partition coefficient (Wildman–Crippen LogP) is 3.79.